The van der Waals surface area contributed by atoms with Crippen molar-refractivity contribution in [3.63, 3.8) is 0 Å². The van der Waals surface area contributed by atoms with Crippen LogP contribution in [0, 0.1) is 20.8 Å². The number of aryl methyl sites for hydroxylation is 3. The maximum atomic E-state index is 12.5. The molecule has 3 aromatic rings. The molecule has 1 heterocycles. The van der Waals surface area contributed by atoms with Crippen molar-refractivity contribution in [2.45, 2.75) is 25.9 Å². The van der Waals surface area contributed by atoms with Crippen LogP contribution in [0.1, 0.15) is 16.7 Å². The molecule has 1 aromatic heterocycles. The Morgan fingerprint density at radius 1 is 1.08 bits per heavy atom. The van der Waals surface area contributed by atoms with Crippen molar-refractivity contribution in [1.82, 2.24) is 9.97 Å². The van der Waals surface area contributed by atoms with E-state index in [-0.39, 0.29) is 5.16 Å². The summed E-state index contributed by atoms with van der Waals surface area (Å²) in [6, 6.07) is 10.8. The van der Waals surface area contributed by atoms with E-state index in [9.17, 15) is 13.2 Å². The van der Waals surface area contributed by atoms with Gasteiger partial charge in [0, 0.05) is 5.69 Å². The van der Waals surface area contributed by atoms with Gasteiger partial charge in [-0.25, -0.2) is 13.4 Å². The summed E-state index contributed by atoms with van der Waals surface area (Å²) in [5.74, 6) is -1.27. The van der Waals surface area contributed by atoms with Gasteiger partial charge in [0.2, 0.25) is 20.9 Å². The first-order valence-electron chi connectivity index (χ1n) is 7.81. The molecular formula is C18H19N3O3S. The highest BCUT2D eigenvalue weighted by molar-refractivity contribution is 7.92. The summed E-state index contributed by atoms with van der Waals surface area (Å²) in [7, 11) is -3.85. The summed E-state index contributed by atoms with van der Waals surface area (Å²) in [6.07, 6.45) is 0. The van der Waals surface area contributed by atoms with E-state index in [1.54, 1.807) is 12.1 Å². The highest BCUT2D eigenvalue weighted by Gasteiger charge is 2.23. The van der Waals surface area contributed by atoms with Crippen molar-refractivity contribution >= 4 is 32.5 Å². The number of fused-ring (bicyclic) bond motifs is 1. The van der Waals surface area contributed by atoms with Gasteiger partial charge in [-0.15, -0.1) is 0 Å². The third kappa shape index (κ3) is 3.71. The van der Waals surface area contributed by atoms with E-state index in [2.05, 4.69) is 15.3 Å². The third-order valence-corrected chi connectivity index (χ3v) is 5.45. The van der Waals surface area contributed by atoms with Crippen molar-refractivity contribution in [1.29, 1.82) is 0 Å². The largest absolute Gasteiger partial charge is 0.329 e. The van der Waals surface area contributed by atoms with Gasteiger partial charge in [-0.05, 0) is 61.7 Å². The minimum Gasteiger partial charge on any atom is -0.329 e. The van der Waals surface area contributed by atoms with Gasteiger partial charge in [0.05, 0.1) is 11.0 Å². The van der Waals surface area contributed by atoms with Crippen LogP contribution in [0.25, 0.3) is 11.0 Å². The molecule has 2 N–H and O–H groups in total. The van der Waals surface area contributed by atoms with Crippen LogP contribution >= 0.6 is 0 Å². The SMILES string of the molecule is Cc1ccc2nc(S(=O)(=O)CC(=O)Nc3ccc(C)c(C)c3)[nH]c2c1. The number of benzene rings is 2. The molecule has 0 saturated heterocycles. The molecule has 0 fully saturated rings. The Hall–Kier alpha value is -2.67. The number of aromatic nitrogens is 2. The molecule has 0 radical (unpaired) electrons. The second-order valence-corrected chi connectivity index (χ2v) is 8.07. The van der Waals surface area contributed by atoms with Crippen LogP contribution in [-0.2, 0) is 14.6 Å². The summed E-state index contributed by atoms with van der Waals surface area (Å²) in [6.45, 7) is 5.80. The van der Waals surface area contributed by atoms with E-state index < -0.39 is 21.5 Å². The number of rotatable bonds is 4. The van der Waals surface area contributed by atoms with Gasteiger partial charge in [0.1, 0.15) is 5.75 Å². The van der Waals surface area contributed by atoms with E-state index in [1.165, 1.54) is 0 Å². The number of nitrogens with zero attached hydrogens (tertiary/aromatic N) is 1. The van der Waals surface area contributed by atoms with E-state index >= 15 is 0 Å². The Kier molecular flexibility index (Phi) is 4.34. The minimum absolute atomic E-state index is 0.191. The normalized spacial score (nSPS) is 11.6. The molecule has 2 aromatic carbocycles. The van der Waals surface area contributed by atoms with E-state index in [4.69, 9.17) is 0 Å². The van der Waals surface area contributed by atoms with Gasteiger partial charge >= 0.3 is 0 Å². The molecule has 3 rings (SSSR count). The smallest absolute Gasteiger partial charge is 0.240 e. The number of hydrogen-bond donors (Lipinski definition) is 2. The van der Waals surface area contributed by atoms with Crippen LogP contribution in [0.5, 0.6) is 0 Å². The molecule has 0 atom stereocenters. The molecule has 6 nitrogen and oxygen atoms in total. The average molecular weight is 357 g/mol. The standard InChI is InChI=1S/C18H19N3O3S/c1-11-4-7-15-16(8-11)21-18(20-15)25(23,24)10-17(22)19-14-6-5-12(2)13(3)9-14/h4-9H,10H2,1-3H3,(H,19,22)(H,20,21). The molecule has 0 aliphatic heterocycles. The van der Waals surface area contributed by atoms with Crippen molar-refractivity contribution in [2.24, 2.45) is 0 Å². The summed E-state index contributed by atoms with van der Waals surface area (Å²) < 4.78 is 24.9. The molecule has 7 heteroatoms. The van der Waals surface area contributed by atoms with Crippen LogP contribution in [0.3, 0.4) is 0 Å². The number of anilines is 1. The molecule has 1 amide bonds. The van der Waals surface area contributed by atoms with Gasteiger partial charge in [0.25, 0.3) is 0 Å². The quantitative estimate of drug-likeness (QED) is 0.751. The number of nitrogens with one attached hydrogen (secondary N) is 2. The molecule has 0 spiro atoms. The molecule has 0 aliphatic rings. The maximum absolute atomic E-state index is 12.5. The first-order valence-corrected chi connectivity index (χ1v) is 9.46. The molecule has 25 heavy (non-hydrogen) atoms. The number of H-pyrrole nitrogens is 1. The summed E-state index contributed by atoms with van der Waals surface area (Å²) in [5, 5.41) is 2.43. The van der Waals surface area contributed by atoms with Crippen LogP contribution in [0.2, 0.25) is 0 Å². The van der Waals surface area contributed by atoms with Crippen molar-refractivity contribution in [3.8, 4) is 0 Å². The number of amides is 1. The highest BCUT2D eigenvalue weighted by Crippen LogP contribution is 2.18. The lowest BCUT2D eigenvalue weighted by molar-refractivity contribution is -0.113. The number of hydrogen-bond acceptors (Lipinski definition) is 4. The Morgan fingerprint density at radius 3 is 2.56 bits per heavy atom. The molecule has 0 bridgehead atoms. The zero-order chi connectivity index (χ0) is 18.2. The Balaban J connectivity index is 1.79. The Morgan fingerprint density at radius 2 is 1.84 bits per heavy atom. The lowest BCUT2D eigenvalue weighted by Crippen LogP contribution is -2.23. The van der Waals surface area contributed by atoms with Gasteiger partial charge in [-0.1, -0.05) is 12.1 Å². The van der Waals surface area contributed by atoms with E-state index in [1.807, 2.05) is 45.0 Å². The first kappa shape index (κ1) is 17.2. The van der Waals surface area contributed by atoms with E-state index in [0.717, 1.165) is 16.7 Å². The predicted molar refractivity (Wildman–Crippen MR) is 97.4 cm³/mol. The van der Waals surface area contributed by atoms with Gasteiger partial charge < -0.3 is 10.3 Å². The average Bonchev–Trinajstić information content (AvgIpc) is 2.94. The predicted octanol–water partition coefficient (Wildman–Crippen LogP) is 2.90. The van der Waals surface area contributed by atoms with Crippen molar-refractivity contribution in [2.75, 3.05) is 11.1 Å². The van der Waals surface area contributed by atoms with Crippen molar-refractivity contribution < 1.29 is 13.2 Å². The number of carbonyl (C=O) groups excluding carboxylic acids is 1. The fourth-order valence-electron chi connectivity index (χ4n) is 2.50. The number of carbonyl (C=O) groups is 1. The Bertz CT molecular complexity index is 1070. The van der Waals surface area contributed by atoms with Crippen LogP contribution in [0.4, 0.5) is 5.69 Å². The van der Waals surface area contributed by atoms with Crippen LogP contribution in [0.15, 0.2) is 41.6 Å². The van der Waals surface area contributed by atoms with Gasteiger partial charge in [-0.3, -0.25) is 4.79 Å². The third-order valence-electron chi connectivity index (χ3n) is 4.02. The molecular weight excluding hydrogens is 338 g/mol. The minimum atomic E-state index is -3.85. The van der Waals surface area contributed by atoms with Crippen molar-refractivity contribution in [3.05, 3.63) is 53.1 Å². The summed E-state index contributed by atoms with van der Waals surface area (Å²) in [4.78, 5) is 19.0. The van der Waals surface area contributed by atoms with Crippen LogP contribution in [-0.4, -0.2) is 30.0 Å². The lowest BCUT2D eigenvalue weighted by atomic mass is 10.1. The second kappa shape index (κ2) is 6.33. The van der Waals surface area contributed by atoms with Crippen LogP contribution < -0.4 is 5.32 Å². The second-order valence-electron chi connectivity index (χ2n) is 6.17. The number of imidazole rings is 1. The fourth-order valence-corrected chi connectivity index (χ4v) is 3.56. The molecule has 0 unspecified atom stereocenters. The van der Waals surface area contributed by atoms with E-state index in [0.29, 0.717) is 16.7 Å². The zero-order valence-corrected chi connectivity index (χ0v) is 15.1. The van der Waals surface area contributed by atoms with Gasteiger partial charge in [-0.2, -0.15) is 0 Å². The highest BCUT2D eigenvalue weighted by atomic mass is 32.2. The lowest BCUT2D eigenvalue weighted by Gasteiger charge is -2.07. The topological polar surface area (TPSA) is 91.9 Å². The summed E-state index contributed by atoms with van der Waals surface area (Å²) >= 11 is 0. The monoisotopic (exact) mass is 357 g/mol. The molecule has 130 valence electrons. The fraction of sp³-hybridized carbons (Fsp3) is 0.222. The summed E-state index contributed by atoms with van der Waals surface area (Å²) in [5.41, 5.74) is 4.87. The number of sulfone groups is 1. The molecule has 0 saturated carbocycles. The first-order chi connectivity index (χ1) is 11.7. The Labute approximate surface area is 146 Å². The zero-order valence-electron chi connectivity index (χ0n) is 14.3. The van der Waals surface area contributed by atoms with Gasteiger partial charge in [0.15, 0.2) is 0 Å². The maximum Gasteiger partial charge on any atom is 0.240 e. The molecule has 0 aliphatic carbocycles. The number of aromatic amines is 1.